The number of carbonyl (C=O) groups excluding carboxylic acids is 1. The minimum absolute atomic E-state index is 0.141. The number of anilines is 1. The van der Waals surface area contributed by atoms with Gasteiger partial charge in [0.1, 0.15) is 0 Å². The van der Waals surface area contributed by atoms with Crippen LogP contribution in [0.1, 0.15) is 28.5 Å². The van der Waals surface area contributed by atoms with Gasteiger partial charge in [-0.1, -0.05) is 25.1 Å². The molecule has 4 heteroatoms. The molecule has 0 saturated carbocycles. The van der Waals surface area contributed by atoms with Crippen molar-refractivity contribution in [3.63, 3.8) is 0 Å². The molecular weight excluding hydrogens is 238 g/mol. The molecule has 1 aromatic carbocycles. The minimum Gasteiger partial charge on any atom is -0.325 e. The average Bonchev–Trinajstić information content (AvgIpc) is 2.47. The highest BCUT2D eigenvalue weighted by Crippen LogP contribution is 2.16. The molecule has 1 heterocycles. The summed E-state index contributed by atoms with van der Waals surface area (Å²) >= 11 is 0. The zero-order valence-corrected chi connectivity index (χ0v) is 10.9. The number of pyridine rings is 1. The number of aromatic nitrogens is 1. The molecule has 2 rings (SSSR count). The van der Waals surface area contributed by atoms with E-state index in [0.717, 1.165) is 17.7 Å². The number of para-hydroxylation sites is 1. The molecule has 3 N–H and O–H groups in total. The van der Waals surface area contributed by atoms with Gasteiger partial charge in [0, 0.05) is 24.0 Å². The second-order valence-corrected chi connectivity index (χ2v) is 4.20. The fourth-order valence-corrected chi connectivity index (χ4v) is 1.88. The number of hydrogen-bond acceptors (Lipinski definition) is 3. The van der Waals surface area contributed by atoms with E-state index in [-0.39, 0.29) is 5.91 Å². The summed E-state index contributed by atoms with van der Waals surface area (Å²) in [5, 5.41) is 2.92. The molecular formula is C15H17N3O. The Morgan fingerprint density at radius 3 is 2.84 bits per heavy atom. The van der Waals surface area contributed by atoms with Crippen LogP contribution in [0.15, 0.2) is 42.6 Å². The number of aryl methyl sites for hydroxylation is 1. The molecule has 0 aliphatic heterocycles. The second-order valence-electron chi connectivity index (χ2n) is 4.20. The van der Waals surface area contributed by atoms with Gasteiger partial charge >= 0.3 is 0 Å². The van der Waals surface area contributed by atoms with Crippen molar-refractivity contribution in [2.75, 3.05) is 5.32 Å². The summed E-state index contributed by atoms with van der Waals surface area (Å²) in [6, 6.07) is 11.2. The summed E-state index contributed by atoms with van der Waals surface area (Å²) in [6.07, 6.45) is 2.48. The Bertz CT molecular complexity index is 581. The molecule has 98 valence electrons. The minimum atomic E-state index is -0.141. The van der Waals surface area contributed by atoms with Crippen LogP contribution in [0.5, 0.6) is 0 Å². The maximum Gasteiger partial charge on any atom is 0.255 e. The van der Waals surface area contributed by atoms with Crippen molar-refractivity contribution >= 4 is 11.6 Å². The zero-order valence-electron chi connectivity index (χ0n) is 10.9. The van der Waals surface area contributed by atoms with Crippen LogP contribution in [0.3, 0.4) is 0 Å². The van der Waals surface area contributed by atoms with Crippen molar-refractivity contribution in [2.45, 2.75) is 19.9 Å². The predicted octanol–water partition coefficient (Wildman–Crippen LogP) is 2.35. The van der Waals surface area contributed by atoms with Gasteiger partial charge in [-0.3, -0.25) is 9.78 Å². The van der Waals surface area contributed by atoms with Gasteiger partial charge in [-0.25, -0.2) is 0 Å². The topological polar surface area (TPSA) is 68.0 Å². The maximum atomic E-state index is 12.2. The summed E-state index contributed by atoms with van der Waals surface area (Å²) in [5.41, 5.74) is 8.76. The molecule has 0 unspecified atom stereocenters. The Morgan fingerprint density at radius 1 is 1.32 bits per heavy atom. The summed E-state index contributed by atoms with van der Waals surface area (Å²) in [5.74, 6) is -0.141. The van der Waals surface area contributed by atoms with Crippen molar-refractivity contribution < 1.29 is 4.79 Å². The number of carbonyl (C=O) groups is 1. The quantitative estimate of drug-likeness (QED) is 0.881. The highest BCUT2D eigenvalue weighted by atomic mass is 16.1. The van der Waals surface area contributed by atoms with Gasteiger partial charge in [0.25, 0.3) is 5.91 Å². The fourth-order valence-electron chi connectivity index (χ4n) is 1.88. The Kier molecular flexibility index (Phi) is 4.26. The largest absolute Gasteiger partial charge is 0.325 e. The average molecular weight is 255 g/mol. The molecule has 4 nitrogen and oxygen atoms in total. The zero-order chi connectivity index (χ0) is 13.7. The van der Waals surface area contributed by atoms with Crippen molar-refractivity contribution in [1.29, 1.82) is 0 Å². The van der Waals surface area contributed by atoms with Crippen LogP contribution in [0.25, 0.3) is 0 Å². The Balaban J connectivity index is 2.20. The molecule has 0 bridgehead atoms. The van der Waals surface area contributed by atoms with E-state index < -0.39 is 0 Å². The van der Waals surface area contributed by atoms with E-state index in [0.29, 0.717) is 17.8 Å². The van der Waals surface area contributed by atoms with E-state index in [1.165, 1.54) is 0 Å². The van der Waals surface area contributed by atoms with Gasteiger partial charge in [0.2, 0.25) is 0 Å². The monoisotopic (exact) mass is 255 g/mol. The van der Waals surface area contributed by atoms with Crippen LogP contribution >= 0.6 is 0 Å². The van der Waals surface area contributed by atoms with E-state index in [9.17, 15) is 4.79 Å². The number of nitrogens with two attached hydrogens (primary N) is 1. The lowest BCUT2D eigenvalue weighted by Gasteiger charge is -2.10. The molecule has 0 saturated heterocycles. The van der Waals surface area contributed by atoms with Crippen LogP contribution in [-0.2, 0) is 13.0 Å². The van der Waals surface area contributed by atoms with Gasteiger partial charge in [-0.15, -0.1) is 0 Å². The Morgan fingerprint density at radius 2 is 2.11 bits per heavy atom. The van der Waals surface area contributed by atoms with Crippen LogP contribution in [0, 0.1) is 0 Å². The van der Waals surface area contributed by atoms with Gasteiger partial charge < -0.3 is 11.1 Å². The number of rotatable bonds is 4. The number of benzene rings is 1. The Labute approximate surface area is 112 Å². The van der Waals surface area contributed by atoms with Crippen molar-refractivity contribution in [3.05, 3.63) is 59.4 Å². The second kappa shape index (κ2) is 6.11. The summed E-state index contributed by atoms with van der Waals surface area (Å²) in [6.45, 7) is 2.39. The first-order valence-electron chi connectivity index (χ1n) is 6.29. The van der Waals surface area contributed by atoms with Crippen LogP contribution in [0.4, 0.5) is 5.69 Å². The van der Waals surface area contributed by atoms with Crippen LogP contribution in [-0.4, -0.2) is 10.9 Å². The van der Waals surface area contributed by atoms with Gasteiger partial charge in [0.05, 0.1) is 5.69 Å². The smallest absolute Gasteiger partial charge is 0.255 e. The molecule has 0 aliphatic rings. The van der Waals surface area contributed by atoms with Gasteiger partial charge in [-0.05, 0) is 30.2 Å². The van der Waals surface area contributed by atoms with E-state index in [4.69, 9.17) is 5.73 Å². The lowest BCUT2D eigenvalue weighted by Crippen LogP contribution is -2.14. The lowest BCUT2D eigenvalue weighted by molar-refractivity contribution is 0.102. The summed E-state index contributed by atoms with van der Waals surface area (Å²) < 4.78 is 0. The van der Waals surface area contributed by atoms with E-state index in [2.05, 4.69) is 17.2 Å². The predicted molar refractivity (Wildman–Crippen MR) is 75.9 cm³/mol. The molecule has 0 fully saturated rings. The van der Waals surface area contributed by atoms with E-state index in [1.54, 1.807) is 18.3 Å². The number of nitrogens with zero attached hydrogens (tertiary/aromatic N) is 1. The third-order valence-electron chi connectivity index (χ3n) is 2.93. The third-order valence-corrected chi connectivity index (χ3v) is 2.93. The molecule has 0 radical (unpaired) electrons. The molecule has 19 heavy (non-hydrogen) atoms. The lowest BCUT2D eigenvalue weighted by atomic mass is 10.1. The number of amides is 1. The van der Waals surface area contributed by atoms with Crippen molar-refractivity contribution in [2.24, 2.45) is 5.73 Å². The van der Waals surface area contributed by atoms with Crippen molar-refractivity contribution in [3.8, 4) is 0 Å². The molecule has 0 spiro atoms. The highest BCUT2D eigenvalue weighted by Gasteiger charge is 2.08. The standard InChI is InChI=1S/C15H17N3O/c1-2-11-5-3-4-6-14(11)18-15(19)12-7-8-17-13(9-12)10-16/h3-9H,2,10,16H2,1H3,(H,18,19). The van der Waals surface area contributed by atoms with E-state index in [1.807, 2.05) is 24.3 Å². The summed E-state index contributed by atoms with van der Waals surface area (Å²) in [7, 11) is 0. The van der Waals surface area contributed by atoms with Gasteiger partial charge in [0.15, 0.2) is 0 Å². The molecule has 0 aliphatic carbocycles. The molecule has 0 atom stereocenters. The SMILES string of the molecule is CCc1ccccc1NC(=O)c1ccnc(CN)c1. The summed E-state index contributed by atoms with van der Waals surface area (Å²) in [4.78, 5) is 16.2. The first-order valence-corrected chi connectivity index (χ1v) is 6.29. The fraction of sp³-hybridized carbons (Fsp3) is 0.200. The Hall–Kier alpha value is -2.20. The third kappa shape index (κ3) is 3.17. The highest BCUT2D eigenvalue weighted by molar-refractivity contribution is 6.04. The van der Waals surface area contributed by atoms with Crippen LogP contribution < -0.4 is 11.1 Å². The first-order chi connectivity index (χ1) is 9.24. The number of hydrogen-bond donors (Lipinski definition) is 2. The maximum absolute atomic E-state index is 12.2. The first kappa shape index (κ1) is 13.2. The molecule has 2 aromatic rings. The molecule has 1 amide bonds. The molecule has 1 aromatic heterocycles. The number of nitrogens with one attached hydrogen (secondary N) is 1. The van der Waals surface area contributed by atoms with Crippen molar-refractivity contribution in [1.82, 2.24) is 4.98 Å². The van der Waals surface area contributed by atoms with E-state index >= 15 is 0 Å². The van der Waals surface area contributed by atoms with Crippen LogP contribution in [0.2, 0.25) is 0 Å². The van der Waals surface area contributed by atoms with Gasteiger partial charge in [-0.2, -0.15) is 0 Å². The normalized spacial score (nSPS) is 10.2.